The van der Waals surface area contributed by atoms with Crippen molar-refractivity contribution in [1.29, 1.82) is 0 Å². The van der Waals surface area contributed by atoms with E-state index in [0.717, 1.165) is 12.0 Å². The second-order valence-corrected chi connectivity index (χ2v) is 7.78. The van der Waals surface area contributed by atoms with Crippen LogP contribution in [-0.4, -0.2) is 15.0 Å². The van der Waals surface area contributed by atoms with Crippen LogP contribution in [0.3, 0.4) is 0 Å². The second kappa shape index (κ2) is 6.91. The molecule has 2 aromatic carbocycles. The highest BCUT2D eigenvalue weighted by Gasteiger charge is 2.17. The third kappa shape index (κ3) is 4.06. The van der Waals surface area contributed by atoms with Crippen LogP contribution in [0.4, 0.5) is 5.69 Å². The van der Waals surface area contributed by atoms with Gasteiger partial charge in [0.25, 0.3) is 10.0 Å². The predicted octanol–water partition coefficient (Wildman–Crippen LogP) is 3.51. The van der Waals surface area contributed by atoms with Crippen LogP contribution in [0.15, 0.2) is 56.3 Å². The van der Waals surface area contributed by atoms with Crippen molar-refractivity contribution in [3.05, 3.63) is 57.0 Å². The van der Waals surface area contributed by atoms with Crippen LogP contribution in [0, 0.1) is 0 Å². The van der Waals surface area contributed by atoms with Crippen LogP contribution < -0.4 is 10.5 Å². The maximum Gasteiger partial charge on any atom is 0.261 e. The zero-order valence-corrected chi connectivity index (χ0v) is 15.0. The topological polar surface area (TPSA) is 72.2 Å². The van der Waals surface area contributed by atoms with Gasteiger partial charge in [0.15, 0.2) is 0 Å². The number of hydrogen-bond acceptors (Lipinski definition) is 3. The molecule has 0 unspecified atom stereocenters. The number of rotatable bonds is 5. The van der Waals surface area contributed by atoms with Gasteiger partial charge in [-0.1, -0.05) is 18.2 Å². The molecular formula is C14H14Br2N2O2S. The Balaban J connectivity index is 2.30. The van der Waals surface area contributed by atoms with Gasteiger partial charge in [-0.25, -0.2) is 8.42 Å². The molecule has 21 heavy (non-hydrogen) atoms. The molecule has 4 nitrogen and oxygen atoms in total. The van der Waals surface area contributed by atoms with Gasteiger partial charge in [-0.15, -0.1) is 0 Å². The highest BCUT2D eigenvalue weighted by molar-refractivity contribution is 9.11. The van der Waals surface area contributed by atoms with Crippen molar-refractivity contribution in [2.24, 2.45) is 5.73 Å². The Hall–Kier alpha value is -0.890. The Labute approximate surface area is 141 Å². The molecule has 2 rings (SSSR count). The average Bonchev–Trinajstić information content (AvgIpc) is 2.44. The van der Waals surface area contributed by atoms with Crippen molar-refractivity contribution >= 4 is 47.6 Å². The lowest BCUT2D eigenvalue weighted by Gasteiger charge is -2.12. The van der Waals surface area contributed by atoms with E-state index >= 15 is 0 Å². The first-order valence-corrected chi connectivity index (χ1v) is 9.27. The fourth-order valence-electron chi connectivity index (χ4n) is 1.79. The maximum atomic E-state index is 12.4. The summed E-state index contributed by atoms with van der Waals surface area (Å²) in [4.78, 5) is 0.214. The van der Waals surface area contributed by atoms with E-state index in [4.69, 9.17) is 5.73 Å². The lowest BCUT2D eigenvalue weighted by Crippen LogP contribution is -2.14. The van der Waals surface area contributed by atoms with E-state index < -0.39 is 10.0 Å². The quantitative estimate of drug-likeness (QED) is 0.757. The van der Waals surface area contributed by atoms with Gasteiger partial charge < -0.3 is 5.73 Å². The smallest absolute Gasteiger partial charge is 0.261 e. The fraction of sp³-hybridized carbons (Fsp3) is 0.143. The Morgan fingerprint density at radius 1 is 1.00 bits per heavy atom. The van der Waals surface area contributed by atoms with Crippen molar-refractivity contribution in [1.82, 2.24) is 0 Å². The standard InChI is InChI=1S/C14H14Br2N2O2S/c15-12-2-1-3-13(16)14(12)18-21(19,20)11-6-4-10(5-7-11)8-9-17/h1-7,18H,8-9,17H2. The zero-order chi connectivity index (χ0) is 15.5. The van der Waals surface area contributed by atoms with E-state index in [1.807, 2.05) is 6.07 Å². The zero-order valence-electron chi connectivity index (χ0n) is 11.0. The van der Waals surface area contributed by atoms with Crippen molar-refractivity contribution in [2.45, 2.75) is 11.3 Å². The Kier molecular flexibility index (Phi) is 5.43. The van der Waals surface area contributed by atoms with Crippen LogP contribution in [-0.2, 0) is 16.4 Å². The molecule has 0 radical (unpaired) electrons. The normalized spacial score (nSPS) is 11.4. The molecule has 0 saturated heterocycles. The third-order valence-corrected chi connectivity index (χ3v) is 5.55. The number of anilines is 1. The minimum atomic E-state index is -3.63. The molecule has 0 amide bonds. The van der Waals surface area contributed by atoms with Crippen LogP contribution in [0.2, 0.25) is 0 Å². The summed E-state index contributed by atoms with van der Waals surface area (Å²) in [6, 6.07) is 12.1. The van der Waals surface area contributed by atoms with Gasteiger partial charge in [0.05, 0.1) is 10.6 Å². The number of hydrogen-bond donors (Lipinski definition) is 2. The van der Waals surface area contributed by atoms with Gasteiger partial charge in [0, 0.05) is 8.95 Å². The van der Waals surface area contributed by atoms with Gasteiger partial charge in [0.1, 0.15) is 0 Å². The molecule has 0 spiro atoms. The molecule has 0 aliphatic carbocycles. The molecule has 0 aromatic heterocycles. The lowest BCUT2D eigenvalue weighted by molar-refractivity contribution is 0.601. The molecule has 0 bridgehead atoms. The lowest BCUT2D eigenvalue weighted by atomic mass is 10.2. The summed E-state index contributed by atoms with van der Waals surface area (Å²) in [7, 11) is -3.63. The number of sulfonamides is 1. The first kappa shape index (κ1) is 16.5. The van der Waals surface area contributed by atoms with E-state index in [0.29, 0.717) is 21.2 Å². The Morgan fingerprint density at radius 2 is 1.57 bits per heavy atom. The van der Waals surface area contributed by atoms with E-state index in [1.54, 1.807) is 36.4 Å². The summed E-state index contributed by atoms with van der Waals surface area (Å²) in [5.41, 5.74) is 6.97. The molecule has 7 heteroatoms. The van der Waals surface area contributed by atoms with Gasteiger partial charge >= 0.3 is 0 Å². The predicted molar refractivity (Wildman–Crippen MR) is 91.9 cm³/mol. The second-order valence-electron chi connectivity index (χ2n) is 4.38. The largest absolute Gasteiger partial charge is 0.330 e. The maximum absolute atomic E-state index is 12.4. The van der Waals surface area contributed by atoms with Crippen molar-refractivity contribution in [2.75, 3.05) is 11.3 Å². The number of nitrogens with one attached hydrogen (secondary N) is 1. The number of benzene rings is 2. The number of para-hydroxylation sites is 1. The monoisotopic (exact) mass is 432 g/mol. The molecule has 0 aliphatic heterocycles. The summed E-state index contributed by atoms with van der Waals surface area (Å²) in [5, 5.41) is 0. The molecule has 0 aliphatic rings. The molecule has 0 saturated carbocycles. The molecule has 0 heterocycles. The van der Waals surface area contributed by atoms with Gasteiger partial charge in [-0.3, -0.25) is 4.72 Å². The molecule has 3 N–H and O–H groups in total. The van der Waals surface area contributed by atoms with Crippen LogP contribution >= 0.6 is 31.9 Å². The third-order valence-electron chi connectivity index (χ3n) is 2.87. The summed E-state index contributed by atoms with van der Waals surface area (Å²) in [6.07, 6.45) is 0.726. The summed E-state index contributed by atoms with van der Waals surface area (Å²) >= 11 is 6.67. The van der Waals surface area contributed by atoms with E-state index in [9.17, 15) is 8.42 Å². The number of nitrogens with two attached hydrogens (primary N) is 1. The van der Waals surface area contributed by atoms with E-state index in [1.165, 1.54) is 0 Å². The highest BCUT2D eigenvalue weighted by Crippen LogP contribution is 2.32. The molecular weight excluding hydrogens is 420 g/mol. The summed E-state index contributed by atoms with van der Waals surface area (Å²) in [5.74, 6) is 0. The number of halogens is 2. The van der Waals surface area contributed by atoms with Crippen LogP contribution in [0.1, 0.15) is 5.56 Å². The van der Waals surface area contributed by atoms with E-state index in [2.05, 4.69) is 36.6 Å². The van der Waals surface area contributed by atoms with Crippen molar-refractivity contribution < 1.29 is 8.42 Å². The van der Waals surface area contributed by atoms with Crippen LogP contribution in [0.5, 0.6) is 0 Å². The van der Waals surface area contributed by atoms with Gasteiger partial charge in [0.2, 0.25) is 0 Å². The Bertz CT molecular complexity index is 711. The summed E-state index contributed by atoms with van der Waals surface area (Å²) in [6.45, 7) is 0.536. The minimum Gasteiger partial charge on any atom is -0.330 e. The molecule has 0 fully saturated rings. The molecule has 0 atom stereocenters. The van der Waals surface area contributed by atoms with Gasteiger partial charge in [-0.05, 0) is 74.7 Å². The first-order valence-electron chi connectivity index (χ1n) is 6.20. The van der Waals surface area contributed by atoms with Crippen molar-refractivity contribution in [3.8, 4) is 0 Å². The summed E-state index contributed by atoms with van der Waals surface area (Å²) < 4.78 is 28.7. The van der Waals surface area contributed by atoms with Gasteiger partial charge in [-0.2, -0.15) is 0 Å². The SMILES string of the molecule is NCCc1ccc(S(=O)(=O)Nc2c(Br)cccc2Br)cc1. The molecule has 2 aromatic rings. The Morgan fingerprint density at radius 3 is 2.10 bits per heavy atom. The van der Waals surface area contributed by atoms with E-state index in [-0.39, 0.29) is 4.90 Å². The first-order chi connectivity index (χ1) is 9.94. The minimum absolute atomic E-state index is 0.214. The van der Waals surface area contributed by atoms with Crippen LogP contribution in [0.25, 0.3) is 0 Å². The van der Waals surface area contributed by atoms with Crippen molar-refractivity contribution in [3.63, 3.8) is 0 Å². The fourth-order valence-corrected chi connectivity index (χ4v) is 4.35. The molecule has 112 valence electrons. The highest BCUT2D eigenvalue weighted by atomic mass is 79.9. The average molecular weight is 434 g/mol.